The van der Waals surface area contributed by atoms with Crippen LogP contribution in [-0.2, 0) is 14.3 Å². The molecule has 4 nitrogen and oxygen atoms in total. The van der Waals surface area contributed by atoms with Gasteiger partial charge in [-0.1, -0.05) is 25.5 Å². The summed E-state index contributed by atoms with van der Waals surface area (Å²) in [6, 6.07) is 0. The van der Waals surface area contributed by atoms with Gasteiger partial charge in [-0.05, 0) is 62.5 Å². The van der Waals surface area contributed by atoms with Gasteiger partial charge in [0.15, 0.2) is 11.6 Å². The van der Waals surface area contributed by atoms with E-state index in [4.69, 9.17) is 16.3 Å². The van der Waals surface area contributed by atoms with Crippen molar-refractivity contribution in [2.75, 3.05) is 5.88 Å². The molecule has 0 aromatic carbocycles. The second-order valence-electron chi connectivity index (χ2n) is 9.84. The zero-order valence-electron chi connectivity index (χ0n) is 16.1. The van der Waals surface area contributed by atoms with Gasteiger partial charge >= 0.3 is 0 Å². The summed E-state index contributed by atoms with van der Waals surface area (Å²) in [4.78, 5) is 24.7. The van der Waals surface area contributed by atoms with Crippen LogP contribution < -0.4 is 0 Å². The van der Waals surface area contributed by atoms with Crippen molar-refractivity contribution in [1.29, 1.82) is 0 Å². The maximum atomic E-state index is 12.7. The molecule has 0 radical (unpaired) electrons. The van der Waals surface area contributed by atoms with Gasteiger partial charge in [-0.15, -0.1) is 11.6 Å². The minimum atomic E-state index is -1.38. The Bertz CT molecular complexity index is 817. The van der Waals surface area contributed by atoms with Gasteiger partial charge in [0.1, 0.15) is 11.2 Å². The lowest BCUT2D eigenvalue weighted by Gasteiger charge is -2.55. The number of carbonyl (C=O) groups excluding carboxylic acids is 2. The van der Waals surface area contributed by atoms with Crippen molar-refractivity contribution < 1.29 is 19.4 Å². The quantitative estimate of drug-likeness (QED) is 0.580. The number of Topliss-reactive ketones (excluding diaryl/α,β-unsaturated/α-hetero) is 1. The van der Waals surface area contributed by atoms with Crippen LogP contribution in [0.15, 0.2) is 23.8 Å². The van der Waals surface area contributed by atoms with Crippen LogP contribution in [0, 0.1) is 28.6 Å². The molecule has 1 aliphatic heterocycles. The number of alkyl halides is 1. The summed E-state index contributed by atoms with van der Waals surface area (Å²) in [5.74, 6) is 0.0439. The summed E-state index contributed by atoms with van der Waals surface area (Å²) in [6.45, 7) is 6.26. The summed E-state index contributed by atoms with van der Waals surface area (Å²) >= 11 is 5.90. The molecule has 0 bridgehead atoms. The van der Waals surface area contributed by atoms with Crippen LogP contribution in [0.3, 0.4) is 0 Å². The van der Waals surface area contributed by atoms with Crippen molar-refractivity contribution in [3.8, 4) is 0 Å². The Kier molecular flexibility index (Phi) is 3.44. The highest BCUT2D eigenvalue weighted by molar-refractivity contribution is 6.29. The molecule has 5 aliphatic rings. The number of ether oxygens (including phenoxy) is 1. The van der Waals surface area contributed by atoms with Crippen LogP contribution in [0.1, 0.15) is 46.5 Å². The van der Waals surface area contributed by atoms with Crippen LogP contribution in [-0.4, -0.2) is 39.9 Å². The highest BCUT2D eigenvalue weighted by atomic mass is 35.5. The maximum Gasteiger partial charge on any atom is 0.179 e. The van der Waals surface area contributed by atoms with Crippen molar-refractivity contribution >= 4 is 23.2 Å². The fraction of sp³-hybridized carbons (Fsp3) is 0.727. The fourth-order valence-electron chi connectivity index (χ4n) is 7.68. The second-order valence-corrected chi connectivity index (χ2v) is 10.1. The highest BCUT2D eigenvalue weighted by Crippen LogP contribution is 2.76. The largest absolute Gasteiger partial charge is 0.381 e. The van der Waals surface area contributed by atoms with Gasteiger partial charge in [0, 0.05) is 10.8 Å². The van der Waals surface area contributed by atoms with Gasteiger partial charge in [0.05, 0.1) is 12.0 Å². The number of hydrogen-bond acceptors (Lipinski definition) is 4. The van der Waals surface area contributed by atoms with Crippen molar-refractivity contribution in [1.82, 2.24) is 0 Å². The van der Waals surface area contributed by atoms with Crippen LogP contribution in [0.4, 0.5) is 0 Å². The lowest BCUT2D eigenvalue weighted by molar-refractivity contribution is -0.160. The first-order valence-corrected chi connectivity index (χ1v) is 10.6. The monoisotopic (exact) mass is 390 g/mol. The molecule has 1 N–H and O–H groups in total. The van der Waals surface area contributed by atoms with Gasteiger partial charge in [-0.3, -0.25) is 9.59 Å². The normalized spacial score (nSPS) is 55.1. The number of allylic oxidation sites excluding steroid dienone is 2. The standard InChI is InChI=1S/C22H27ClO4/c1-12-8-16-15-5-4-13-9-14(24)6-7-19(13,2)22(15)18(27-22)10-20(16,3)21(12,26)17(25)11-23/h6-7,9,12,15-16,18,26H,4-5,8,10-11H2,1-3H3/t12-,15+,16+,18?,19+,20+,21+,22?/m1/s1. The summed E-state index contributed by atoms with van der Waals surface area (Å²) in [5, 5.41) is 11.6. The number of aliphatic hydroxyl groups is 1. The Morgan fingerprint density at radius 1 is 1.37 bits per heavy atom. The number of hydrogen-bond donors (Lipinski definition) is 1. The minimum Gasteiger partial charge on any atom is -0.381 e. The smallest absolute Gasteiger partial charge is 0.179 e. The molecule has 1 spiro atoms. The Labute approximate surface area is 165 Å². The first kappa shape index (κ1) is 18.1. The Balaban J connectivity index is 1.60. The Morgan fingerprint density at radius 3 is 2.81 bits per heavy atom. The molecule has 0 aromatic heterocycles. The third-order valence-electron chi connectivity index (χ3n) is 9.06. The van der Waals surface area contributed by atoms with Crippen LogP contribution in [0.25, 0.3) is 0 Å². The van der Waals surface area contributed by atoms with Crippen molar-refractivity contribution in [3.05, 3.63) is 23.8 Å². The van der Waals surface area contributed by atoms with E-state index in [2.05, 4.69) is 13.8 Å². The summed E-state index contributed by atoms with van der Waals surface area (Å²) in [6.07, 6.45) is 8.83. The Morgan fingerprint density at radius 2 is 2.11 bits per heavy atom. The second kappa shape index (κ2) is 5.14. The van der Waals surface area contributed by atoms with Crippen molar-refractivity contribution in [3.63, 3.8) is 0 Å². The van der Waals surface area contributed by atoms with E-state index in [0.717, 1.165) is 19.3 Å². The molecule has 146 valence electrons. The van der Waals surface area contributed by atoms with Gasteiger partial charge in [-0.25, -0.2) is 0 Å². The van der Waals surface area contributed by atoms with E-state index in [-0.39, 0.29) is 52.3 Å². The summed E-state index contributed by atoms with van der Waals surface area (Å²) in [7, 11) is 0. The average molecular weight is 391 g/mol. The van der Waals surface area contributed by atoms with E-state index < -0.39 is 11.0 Å². The number of ketones is 2. The van der Waals surface area contributed by atoms with Crippen LogP contribution in [0.2, 0.25) is 0 Å². The molecule has 1 heterocycles. The zero-order chi connectivity index (χ0) is 19.4. The van der Waals surface area contributed by atoms with Gasteiger partial charge in [-0.2, -0.15) is 0 Å². The molecule has 4 aliphatic carbocycles. The van der Waals surface area contributed by atoms with E-state index in [1.807, 2.05) is 13.0 Å². The fourth-order valence-corrected chi connectivity index (χ4v) is 7.88. The molecule has 2 unspecified atom stereocenters. The number of fused-ring (bicyclic) bond motifs is 3. The van der Waals surface area contributed by atoms with Crippen LogP contribution in [0.5, 0.6) is 0 Å². The zero-order valence-corrected chi connectivity index (χ0v) is 16.9. The molecule has 3 saturated carbocycles. The first-order chi connectivity index (χ1) is 12.6. The van der Waals surface area contributed by atoms with E-state index >= 15 is 0 Å². The number of epoxide rings is 1. The number of halogens is 1. The van der Waals surface area contributed by atoms with E-state index in [1.165, 1.54) is 5.57 Å². The summed E-state index contributed by atoms with van der Waals surface area (Å²) < 4.78 is 6.46. The van der Waals surface area contributed by atoms with Gasteiger partial charge in [0.25, 0.3) is 0 Å². The third-order valence-corrected chi connectivity index (χ3v) is 9.30. The van der Waals surface area contributed by atoms with Gasteiger partial charge < -0.3 is 9.84 Å². The molecule has 4 fully saturated rings. The summed E-state index contributed by atoms with van der Waals surface area (Å²) in [5.41, 5.74) is -1.29. The molecule has 8 atom stereocenters. The first-order valence-electron chi connectivity index (χ1n) is 10.1. The molecule has 5 rings (SSSR count). The lowest BCUT2D eigenvalue weighted by atomic mass is 9.47. The topological polar surface area (TPSA) is 66.9 Å². The molecule has 0 amide bonds. The Hall–Kier alpha value is -0.970. The number of carbonyl (C=O) groups is 2. The van der Waals surface area contributed by atoms with E-state index in [9.17, 15) is 14.7 Å². The van der Waals surface area contributed by atoms with Crippen molar-refractivity contribution in [2.45, 2.75) is 63.8 Å². The predicted octanol–water partition coefficient (Wildman–Crippen LogP) is 3.21. The number of rotatable bonds is 2. The van der Waals surface area contributed by atoms with E-state index in [0.29, 0.717) is 6.42 Å². The molecule has 5 heteroatoms. The maximum absolute atomic E-state index is 12.7. The van der Waals surface area contributed by atoms with Crippen molar-refractivity contribution in [2.24, 2.45) is 28.6 Å². The SMILES string of the molecule is C[C@@H]1C[C@H]2[C@@H]3CCC4=CC(=O)C=C[C@]4(C)C34OC4C[C@]2(C)[C@@]1(O)C(=O)CCl. The molecular weight excluding hydrogens is 364 g/mol. The molecule has 1 saturated heterocycles. The van der Waals surface area contributed by atoms with Gasteiger partial charge in [0.2, 0.25) is 0 Å². The highest BCUT2D eigenvalue weighted by Gasteiger charge is 2.81. The predicted molar refractivity (Wildman–Crippen MR) is 101 cm³/mol. The van der Waals surface area contributed by atoms with Crippen LogP contribution >= 0.6 is 11.6 Å². The van der Waals surface area contributed by atoms with E-state index in [1.54, 1.807) is 12.2 Å². The molecule has 27 heavy (non-hydrogen) atoms. The minimum absolute atomic E-state index is 0.00949. The molecule has 0 aromatic rings. The lowest BCUT2D eigenvalue weighted by Crippen LogP contribution is -2.62. The molecular formula is C22H27ClO4. The average Bonchev–Trinajstić information content (AvgIpc) is 3.31. The third kappa shape index (κ3) is 1.79.